The van der Waals surface area contributed by atoms with Gasteiger partial charge in [-0.2, -0.15) is 5.26 Å². The maximum Gasteiger partial charge on any atom is 0.307 e. The van der Waals surface area contributed by atoms with Crippen LogP contribution in [0.25, 0.3) is 0 Å². The van der Waals surface area contributed by atoms with Crippen LogP contribution in [0.4, 0.5) is 5.69 Å². The lowest BCUT2D eigenvalue weighted by Gasteiger charge is -2.09. The lowest BCUT2D eigenvalue weighted by atomic mass is 10.1. The topological polar surface area (TPSA) is 73.1 Å². The van der Waals surface area contributed by atoms with E-state index in [2.05, 4.69) is 27.3 Å². The average molecular weight is 345 g/mol. The van der Waals surface area contributed by atoms with Crippen molar-refractivity contribution in [2.75, 3.05) is 5.32 Å². The van der Waals surface area contributed by atoms with Gasteiger partial charge in [-0.05, 0) is 45.3 Å². The van der Waals surface area contributed by atoms with Crippen molar-refractivity contribution in [1.29, 1.82) is 5.26 Å². The molecule has 0 aliphatic carbocycles. The van der Waals surface area contributed by atoms with Gasteiger partial charge in [0.25, 0.3) is 0 Å². The molecule has 0 aromatic heterocycles. The largest absolute Gasteiger partial charge is 0.481 e. The summed E-state index contributed by atoms with van der Waals surface area (Å²) >= 11 is 3.42. The highest BCUT2D eigenvalue weighted by Gasteiger charge is 2.03. The number of anilines is 1. The molecule has 0 heterocycles. The molecule has 5 heteroatoms. The summed E-state index contributed by atoms with van der Waals surface area (Å²) in [5.74, 6) is -0.831. The van der Waals surface area contributed by atoms with Crippen molar-refractivity contribution in [3.63, 3.8) is 0 Å². The highest BCUT2D eigenvalue weighted by atomic mass is 79.9. The summed E-state index contributed by atoms with van der Waals surface area (Å²) < 4.78 is 0.837. The van der Waals surface area contributed by atoms with Gasteiger partial charge in [0, 0.05) is 16.7 Å². The minimum absolute atomic E-state index is 0.0366. The molecule has 4 nitrogen and oxygen atoms in total. The highest BCUT2D eigenvalue weighted by Crippen LogP contribution is 2.24. The zero-order chi connectivity index (χ0) is 15.2. The molecule has 0 unspecified atom stereocenters. The van der Waals surface area contributed by atoms with E-state index in [1.165, 1.54) is 0 Å². The Morgan fingerprint density at radius 3 is 2.43 bits per heavy atom. The highest BCUT2D eigenvalue weighted by molar-refractivity contribution is 9.10. The average Bonchev–Trinajstić information content (AvgIpc) is 2.47. The first-order chi connectivity index (χ1) is 10.1. The van der Waals surface area contributed by atoms with Crippen molar-refractivity contribution in [3.8, 4) is 6.07 Å². The van der Waals surface area contributed by atoms with Crippen LogP contribution in [0.3, 0.4) is 0 Å². The number of halogens is 1. The molecule has 0 saturated carbocycles. The maximum atomic E-state index is 10.6. The third-order valence-corrected chi connectivity index (χ3v) is 3.62. The zero-order valence-electron chi connectivity index (χ0n) is 11.1. The van der Waals surface area contributed by atoms with Crippen LogP contribution >= 0.6 is 15.9 Å². The fraction of sp³-hybridized carbons (Fsp3) is 0.125. The molecule has 0 radical (unpaired) electrons. The number of nitrogens with zero attached hydrogens (tertiary/aromatic N) is 1. The molecule has 0 amide bonds. The summed E-state index contributed by atoms with van der Waals surface area (Å²) in [6.07, 6.45) is 0.0366. The van der Waals surface area contributed by atoms with Crippen LogP contribution in [0.1, 0.15) is 16.7 Å². The number of nitrogens with one attached hydrogen (secondary N) is 1. The SMILES string of the molecule is N#Cc1ccc(NCc2ccc(CC(=O)O)cc2)c(Br)c1. The summed E-state index contributed by atoms with van der Waals surface area (Å²) in [5, 5.41) is 20.8. The first kappa shape index (κ1) is 15.1. The van der Waals surface area contributed by atoms with Gasteiger partial charge in [0.05, 0.1) is 18.1 Å². The molecule has 0 aliphatic rings. The molecule has 2 aromatic rings. The van der Waals surface area contributed by atoms with E-state index >= 15 is 0 Å². The Hall–Kier alpha value is -2.32. The van der Waals surface area contributed by atoms with Crippen molar-refractivity contribution in [2.45, 2.75) is 13.0 Å². The fourth-order valence-corrected chi connectivity index (χ4v) is 2.39. The quantitative estimate of drug-likeness (QED) is 0.869. The first-order valence-electron chi connectivity index (χ1n) is 6.31. The van der Waals surface area contributed by atoms with Gasteiger partial charge in [-0.3, -0.25) is 4.79 Å². The smallest absolute Gasteiger partial charge is 0.307 e. The van der Waals surface area contributed by atoms with E-state index in [1.807, 2.05) is 30.3 Å². The van der Waals surface area contributed by atoms with Gasteiger partial charge in [-0.15, -0.1) is 0 Å². The van der Waals surface area contributed by atoms with Crippen molar-refractivity contribution in [1.82, 2.24) is 0 Å². The van der Waals surface area contributed by atoms with E-state index in [9.17, 15) is 4.79 Å². The second kappa shape index (κ2) is 6.91. The Kier molecular flexibility index (Phi) is 4.96. The molecule has 0 fully saturated rings. The van der Waals surface area contributed by atoms with Crippen LogP contribution in [0.2, 0.25) is 0 Å². The Balaban J connectivity index is 2.00. The summed E-state index contributed by atoms with van der Waals surface area (Å²) in [6, 6.07) is 14.9. The summed E-state index contributed by atoms with van der Waals surface area (Å²) in [7, 11) is 0. The maximum absolute atomic E-state index is 10.6. The van der Waals surface area contributed by atoms with Crippen LogP contribution in [-0.2, 0) is 17.8 Å². The Labute approximate surface area is 131 Å². The molecule has 0 saturated heterocycles. The number of carboxylic acid groups (broad SMARTS) is 1. The molecule has 2 rings (SSSR count). The third kappa shape index (κ3) is 4.33. The summed E-state index contributed by atoms with van der Waals surface area (Å²) in [4.78, 5) is 10.6. The number of carboxylic acids is 1. The van der Waals surface area contributed by atoms with Crippen molar-refractivity contribution >= 4 is 27.6 Å². The Bertz CT molecular complexity index is 690. The molecule has 0 spiro atoms. The van der Waals surface area contributed by atoms with Gasteiger partial charge < -0.3 is 10.4 Å². The molecule has 21 heavy (non-hydrogen) atoms. The predicted octanol–water partition coefficient (Wildman–Crippen LogP) is 3.56. The zero-order valence-corrected chi connectivity index (χ0v) is 12.7. The van der Waals surface area contributed by atoms with Crippen LogP contribution in [0, 0.1) is 11.3 Å². The van der Waals surface area contributed by atoms with Crippen molar-refractivity contribution in [3.05, 3.63) is 63.6 Å². The number of nitriles is 1. The van der Waals surface area contributed by atoms with Gasteiger partial charge in [0.15, 0.2) is 0 Å². The normalized spacial score (nSPS) is 9.90. The van der Waals surface area contributed by atoms with Gasteiger partial charge in [0.2, 0.25) is 0 Å². The molecule has 106 valence electrons. The standard InChI is InChI=1S/C16H13BrN2O2/c17-14-7-13(9-18)5-6-15(14)19-10-12-3-1-11(2-4-12)8-16(20)21/h1-7,19H,8,10H2,(H,20,21). The second-order valence-electron chi connectivity index (χ2n) is 4.55. The van der Waals surface area contributed by atoms with E-state index in [1.54, 1.807) is 12.1 Å². The van der Waals surface area contributed by atoms with Gasteiger partial charge in [0.1, 0.15) is 0 Å². The molecular weight excluding hydrogens is 332 g/mol. The van der Waals surface area contributed by atoms with E-state index in [0.717, 1.165) is 21.3 Å². The van der Waals surface area contributed by atoms with Crippen LogP contribution < -0.4 is 5.32 Å². The number of hydrogen-bond donors (Lipinski definition) is 2. The number of hydrogen-bond acceptors (Lipinski definition) is 3. The lowest BCUT2D eigenvalue weighted by molar-refractivity contribution is -0.136. The lowest BCUT2D eigenvalue weighted by Crippen LogP contribution is -2.02. The van der Waals surface area contributed by atoms with E-state index in [-0.39, 0.29) is 6.42 Å². The Morgan fingerprint density at radius 1 is 1.19 bits per heavy atom. The van der Waals surface area contributed by atoms with E-state index in [4.69, 9.17) is 10.4 Å². The molecular formula is C16H13BrN2O2. The second-order valence-corrected chi connectivity index (χ2v) is 5.40. The third-order valence-electron chi connectivity index (χ3n) is 2.96. The number of benzene rings is 2. The molecule has 0 atom stereocenters. The minimum atomic E-state index is -0.831. The molecule has 0 aliphatic heterocycles. The molecule has 2 aromatic carbocycles. The summed E-state index contributed by atoms with van der Waals surface area (Å²) in [6.45, 7) is 0.623. The van der Waals surface area contributed by atoms with Gasteiger partial charge in [-0.1, -0.05) is 24.3 Å². The first-order valence-corrected chi connectivity index (χ1v) is 7.11. The van der Waals surface area contributed by atoms with Gasteiger partial charge in [-0.25, -0.2) is 0 Å². The monoisotopic (exact) mass is 344 g/mol. The van der Waals surface area contributed by atoms with Crippen molar-refractivity contribution < 1.29 is 9.90 Å². The molecule has 0 bridgehead atoms. The van der Waals surface area contributed by atoms with Crippen LogP contribution in [0.5, 0.6) is 0 Å². The van der Waals surface area contributed by atoms with Gasteiger partial charge >= 0.3 is 5.97 Å². The predicted molar refractivity (Wildman–Crippen MR) is 84.0 cm³/mol. The Morgan fingerprint density at radius 2 is 1.86 bits per heavy atom. The minimum Gasteiger partial charge on any atom is -0.481 e. The molecule has 2 N–H and O–H groups in total. The number of carbonyl (C=O) groups is 1. The van der Waals surface area contributed by atoms with Crippen LogP contribution in [-0.4, -0.2) is 11.1 Å². The number of rotatable bonds is 5. The fourth-order valence-electron chi connectivity index (χ4n) is 1.87. The van der Waals surface area contributed by atoms with E-state index in [0.29, 0.717) is 12.1 Å². The van der Waals surface area contributed by atoms with E-state index < -0.39 is 5.97 Å². The number of aliphatic carboxylic acids is 1. The van der Waals surface area contributed by atoms with Crippen LogP contribution in [0.15, 0.2) is 46.9 Å². The van der Waals surface area contributed by atoms with Crippen molar-refractivity contribution in [2.24, 2.45) is 0 Å². The summed E-state index contributed by atoms with van der Waals surface area (Å²) in [5.41, 5.74) is 3.35.